The number of phenolic OH excluding ortho intramolecular Hbond substituents is 1. The Morgan fingerprint density at radius 1 is 1.21 bits per heavy atom. The molecule has 2 heterocycles. The Morgan fingerprint density at radius 2 is 2.03 bits per heavy atom. The minimum absolute atomic E-state index is 0.0503. The summed E-state index contributed by atoms with van der Waals surface area (Å²) < 4.78 is 16.8. The Labute approximate surface area is 166 Å². The van der Waals surface area contributed by atoms with Crippen LogP contribution in [-0.4, -0.2) is 36.9 Å². The van der Waals surface area contributed by atoms with Crippen LogP contribution < -0.4 is 15.5 Å². The van der Waals surface area contributed by atoms with Crippen LogP contribution in [0.1, 0.15) is 12.8 Å². The third kappa shape index (κ3) is 4.41. The van der Waals surface area contributed by atoms with Crippen molar-refractivity contribution in [2.45, 2.75) is 18.9 Å². The van der Waals surface area contributed by atoms with Crippen molar-refractivity contribution >= 4 is 16.9 Å². The summed E-state index contributed by atoms with van der Waals surface area (Å²) in [5.74, 6) is 0.0646. The van der Waals surface area contributed by atoms with Crippen molar-refractivity contribution in [3.05, 3.63) is 58.8 Å². The third-order valence-corrected chi connectivity index (χ3v) is 4.76. The maximum absolute atomic E-state index is 12.4. The van der Waals surface area contributed by atoms with Gasteiger partial charge in [-0.3, -0.25) is 9.59 Å². The lowest BCUT2D eigenvalue weighted by atomic mass is 10.1. The van der Waals surface area contributed by atoms with Gasteiger partial charge >= 0.3 is 0 Å². The molecule has 4 rings (SSSR count). The Morgan fingerprint density at radius 3 is 2.79 bits per heavy atom. The van der Waals surface area contributed by atoms with Crippen molar-refractivity contribution in [1.82, 2.24) is 5.32 Å². The van der Waals surface area contributed by atoms with Gasteiger partial charge in [-0.2, -0.15) is 0 Å². The molecule has 1 fully saturated rings. The monoisotopic (exact) mass is 395 g/mol. The van der Waals surface area contributed by atoms with Crippen molar-refractivity contribution < 1.29 is 23.8 Å². The summed E-state index contributed by atoms with van der Waals surface area (Å²) in [6, 6.07) is 13.3. The van der Waals surface area contributed by atoms with Crippen molar-refractivity contribution in [3.8, 4) is 22.8 Å². The van der Waals surface area contributed by atoms with Crippen molar-refractivity contribution in [3.63, 3.8) is 0 Å². The van der Waals surface area contributed by atoms with Crippen LogP contribution in [0.4, 0.5) is 0 Å². The van der Waals surface area contributed by atoms with E-state index in [-0.39, 0.29) is 46.5 Å². The molecule has 0 spiro atoms. The summed E-state index contributed by atoms with van der Waals surface area (Å²) in [7, 11) is 0. The number of rotatable bonds is 6. The van der Waals surface area contributed by atoms with E-state index in [9.17, 15) is 14.7 Å². The molecule has 0 unspecified atom stereocenters. The highest BCUT2D eigenvalue weighted by Gasteiger charge is 2.17. The number of ether oxygens (including phenoxy) is 2. The number of carbonyl (C=O) groups is 1. The predicted octanol–water partition coefficient (Wildman–Crippen LogP) is 2.84. The lowest BCUT2D eigenvalue weighted by Gasteiger charge is -2.12. The van der Waals surface area contributed by atoms with E-state index in [0.29, 0.717) is 12.3 Å². The second kappa shape index (κ2) is 8.36. The van der Waals surface area contributed by atoms with Gasteiger partial charge in [0.25, 0.3) is 5.91 Å². The van der Waals surface area contributed by atoms with E-state index in [1.54, 1.807) is 0 Å². The molecule has 1 saturated heterocycles. The zero-order valence-electron chi connectivity index (χ0n) is 15.7. The highest BCUT2D eigenvalue weighted by molar-refractivity contribution is 5.86. The molecule has 2 N–H and O–H groups in total. The van der Waals surface area contributed by atoms with E-state index in [1.165, 1.54) is 18.2 Å². The first-order valence-corrected chi connectivity index (χ1v) is 9.47. The topological polar surface area (TPSA) is 98.0 Å². The van der Waals surface area contributed by atoms with Crippen LogP contribution in [0.2, 0.25) is 0 Å². The molecular formula is C22H21NO6. The zero-order valence-corrected chi connectivity index (χ0v) is 15.7. The van der Waals surface area contributed by atoms with Crippen molar-refractivity contribution in [1.29, 1.82) is 0 Å². The number of phenols is 1. The molecule has 0 radical (unpaired) electrons. The van der Waals surface area contributed by atoms with Gasteiger partial charge in [0.15, 0.2) is 12.0 Å². The maximum Gasteiger partial charge on any atom is 0.258 e. The highest BCUT2D eigenvalue weighted by Crippen LogP contribution is 2.31. The number of hydrogen-bond acceptors (Lipinski definition) is 6. The van der Waals surface area contributed by atoms with Crippen LogP contribution in [0, 0.1) is 0 Å². The Hall–Kier alpha value is -3.32. The average Bonchev–Trinajstić information content (AvgIpc) is 3.24. The quantitative estimate of drug-likeness (QED) is 0.666. The fourth-order valence-corrected chi connectivity index (χ4v) is 3.30. The van der Waals surface area contributed by atoms with E-state index in [1.807, 2.05) is 30.3 Å². The van der Waals surface area contributed by atoms with Crippen LogP contribution in [0.15, 0.2) is 57.7 Å². The van der Waals surface area contributed by atoms with E-state index in [0.717, 1.165) is 25.0 Å². The number of nitrogens with one attached hydrogen (secondary N) is 1. The molecule has 7 heteroatoms. The lowest BCUT2D eigenvalue weighted by Crippen LogP contribution is -2.35. The van der Waals surface area contributed by atoms with Gasteiger partial charge in [-0.1, -0.05) is 30.3 Å². The van der Waals surface area contributed by atoms with Gasteiger partial charge in [-0.25, -0.2) is 0 Å². The minimum atomic E-state index is -0.358. The van der Waals surface area contributed by atoms with E-state index in [4.69, 9.17) is 13.9 Å². The molecule has 1 aromatic heterocycles. The van der Waals surface area contributed by atoms with Gasteiger partial charge in [0, 0.05) is 36.9 Å². The van der Waals surface area contributed by atoms with Gasteiger partial charge in [0.2, 0.25) is 0 Å². The summed E-state index contributed by atoms with van der Waals surface area (Å²) in [4.78, 5) is 24.4. The number of carbonyl (C=O) groups excluding carboxylic acids is 1. The molecule has 150 valence electrons. The lowest BCUT2D eigenvalue weighted by molar-refractivity contribution is -0.123. The van der Waals surface area contributed by atoms with Crippen LogP contribution in [0.3, 0.4) is 0 Å². The molecule has 1 aliphatic heterocycles. The fraction of sp³-hybridized carbons (Fsp3) is 0.273. The summed E-state index contributed by atoms with van der Waals surface area (Å²) >= 11 is 0. The Balaban J connectivity index is 1.51. The molecule has 1 aliphatic rings. The molecule has 0 bridgehead atoms. The molecule has 1 amide bonds. The molecule has 1 atom stereocenters. The first-order valence-electron chi connectivity index (χ1n) is 9.47. The van der Waals surface area contributed by atoms with Gasteiger partial charge in [-0.15, -0.1) is 0 Å². The molecule has 0 aliphatic carbocycles. The van der Waals surface area contributed by atoms with E-state index < -0.39 is 0 Å². The maximum atomic E-state index is 12.4. The third-order valence-electron chi connectivity index (χ3n) is 4.76. The minimum Gasteiger partial charge on any atom is -0.507 e. The second-order valence-corrected chi connectivity index (χ2v) is 6.88. The van der Waals surface area contributed by atoms with Gasteiger partial charge in [-0.05, 0) is 12.8 Å². The van der Waals surface area contributed by atoms with Crippen LogP contribution in [-0.2, 0) is 9.53 Å². The SMILES string of the molecule is O=C(COc1cc(O)c2c(=O)cc(-c3ccccc3)oc2c1)NC[C@H]1CCCO1. The summed E-state index contributed by atoms with van der Waals surface area (Å²) in [6.07, 6.45) is 1.99. The Kier molecular flexibility index (Phi) is 5.48. The van der Waals surface area contributed by atoms with Crippen LogP contribution in [0.25, 0.3) is 22.3 Å². The number of benzene rings is 2. The fourth-order valence-electron chi connectivity index (χ4n) is 3.30. The summed E-state index contributed by atoms with van der Waals surface area (Å²) in [6.45, 7) is 0.949. The molecule has 0 saturated carbocycles. The predicted molar refractivity (Wildman–Crippen MR) is 107 cm³/mol. The Bertz CT molecular complexity index is 1070. The average molecular weight is 395 g/mol. The summed E-state index contributed by atoms with van der Waals surface area (Å²) in [5.41, 5.74) is 0.570. The van der Waals surface area contributed by atoms with Crippen molar-refractivity contribution in [2.75, 3.05) is 19.8 Å². The zero-order chi connectivity index (χ0) is 20.2. The molecule has 2 aromatic carbocycles. The molecule has 3 aromatic rings. The number of hydrogen-bond donors (Lipinski definition) is 2. The smallest absolute Gasteiger partial charge is 0.258 e. The standard InChI is InChI=1S/C22H21NO6/c24-17-9-16(28-13-21(26)23-12-15-7-4-8-27-15)10-20-22(17)18(25)11-19(29-20)14-5-2-1-3-6-14/h1-3,5-6,9-11,15,24H,4,7-8,12-13H2,(H,23,26)/t15-/m1/s1. The number of amides is 1. The van der Waals surface area contributed by atoms with Gasteiger partial charge in [0.1, 0.15) is 28.2 Å². The number of fused-ring (bicyclic) bond motifs is 1. The molecule has 7 nitrogen and oxygen atoms in total. The van der Waals surface area contributed by atoms with Gasteiger partial charge < -0.3 is 24.3 Å². The normalized spacial score (nSPS) is 16.1. The first kappa shape index (κ1) is 19.0. The summed E-state index contributed by atoms with van der Waals surface area (Å²) in [5, 5.41) is 13.1. The first-order chi connectivity index (χ1) is 14.1. The molecular weight excluding hydrogens is 374 g/mol. The highest BCUT2D eigenvalue weighted by atomic mass is 16.5. The largest absolute Gasteiger partial charge is 0.507 e. The van der Waals surface area contributed by atoms with Gasteiger partial charge in [0.05, 0.1) is 6.10 Å². The van der Waals surface area contributed by atoms with Crippen molar-refractivity contribution in [2.24, 2.45) is 0 Å². The van der Waals surface area contributed by atoms with E-state index in [2.05, 4.69) is 5.32 Å². The van der Waals surface area contributed by atoms with Crippen LogP contribution in [0.5, 0.6) is 11.5 Å². The van der Waals surface area contributed by atoms with E-state index >= 15 is 0 Å². The molecule has 29 heavy (non-hydrogen) atoms. The number of aromatic hydroxyl groups is 1. The van der Waals surface area contributed by atoms with Crippen LogP contribution >= 0.6 is 0 Å². The second-order valence-electron chi connectivity index (χ2n) is 6.88.